The summed E-state index contributed by atoms with van der Waals surface area (Å²) in [5.74, 6) is 1.39. The van der Waals surface area contributed by atoms with Crippen molar-refractivity contribution >= 4 is 49.3 Å². The van der Waals surface area contributed by atoms with E-state index < -0.39 is 0 Å². The fourth-order valence-corrected chi connectivity index (χ4v) is 5.19. The third-order valence-electron chi connectivity index (χ3n) is 5.53. The van der Waals surface area contributed by atoms with E-state index in [1.165, 1.54) is 5.56 Å². The first-order chi connectivity index (χ1) is 15.2. The van der Waals surface area contributed by atoms with E-state index in [9.17, 15) is 0 Å². The van der Waals surface area contributed by atoms with Crippen LogP contribution < -0.4 is 15.0 Å². The van der Waals surface area contributed by atoms with E-state index in [-0.39, 0.29) is 0 Å². The maximum Gasteiger partial charge on any atom is 0.236 e. The van der Waals surface area contributed by atoms with Crippen molar-refractivity contribution in [2.45, 2.75) is 20.3 Å². The van der Waals surface area contributed by atoms with Crippen LogP contribution in [0.2, 0.25) is 5.02 Å². The Labute approximate surface area is 190 Å². The smallest absolute Gasteiger partial charge is 0.236 e. The molecule has 31 heavy (non-hydrogen) atoms. The van der Waals surface area contributed by atoms with E-state index in [2.05, 4.69) is 23.2 Å². The lowest BCUT2D eigenvalue weighted by Gasteiger charge is -2.27. The number of aromatic nitrogens is 3. The molecule has 4 aromatic rings. The van der Waals surface area contributed by atoms with Crippen LogP contribution in [-0.4, -0.2) is 47.7 Å². The molecule has 1 saturated heterocycles. The standard InChI is InChI=1S/C23H24ClN5OS/c1-3-14-13-17(15-5-7-16(24)8-6-15)26-22-18(14)19-20(31-22)21(30-4-2)28-23(27-19)29-11-9-25-10-12-29/h5-8,13,25H,3-4,9-12H2,1-2H3. The van der Waals surface area contributed by atoms with Crippen molar-refractivity contribution in [2.24, 2.45) is 0 Å². The normalized spacial score (nSPS) is 14.5. The second-order valence-corrected chi connectivity index (χ2v) is 8.92. The first-order valence-electron chi connectivity index (χ1n) is 10.7. The van der Waals surface area contributed by atoms with Crippen molar-refractivity contribution in [3.8, 4) is 17.1 Å². The van der Waals surface area contributed by atoms with E-state index in [4.69, 9.17) is 31.3 Å². The van der Waals surface area contributed by atoms with Crippen LogP contribution in [0.1, 0.15) is 19.4 Å². The molecule has 0 spiro atoms. The highest BCUT2D eigenvalue weighted by molar-refractivity contribution is 7.25. The van der Waals surface area contributed by atoms with Gasteiger partial charge in [-0.15, -0.1) is 11.3 Å². The number of hydrogen-bond acceptors (Lipinski definition) is 7. The summed E-state index contributed by atoms with van der Waals surface area (Å²) in [4.78, 5) is 18.0. The van der Waals surface area contributed by atoms with Gasteiger partial charge in [0.25, 0.3) is 0 Å². The zero-order valence-electron chi connectivity index (χ0n) is 17.6. The summed E-state index contributed by atoms with van der Waals surface area (Å²) in [7, 11) is 0. The minimum absolute atomic E-state index is 0.561. The van der Waals surface area contributed by atoms with E-state index >= 15 is 0 Å². The topological polar surface area (TPSA) is 63.2 Å². The molecule has 0 saturated carbocycles. The molecule has 0 radical (unpaired) electrons. The number of ether oxygens (including phenoxy) is 1. The molecule has 5 rings (SSSR count). The van der Waals surface area contributed by atoms with Gasteiger partial charge in [-0.05, 0) is 37.1 Å². The van der Waals surface area contributed by atoms with Crippen LogP contribution in [-0.2, 0) is 6.42 Å². The SMILES string of the molecule is CCOc1nc(N2CCNCC2)nc2c1sc1nc(-c3ccc(Cl)cc3)cc(CC)c12. The van der Waals surface area contributed by atoms with Crippen molar-refractivity contribution in [3.05, 3.63) is 40.9 Å². The molecular weight excluding hydrogens is 430 g/mol. The number of anilines is 1. The highest BCUT2D eigenvalue weighted by Crippen LogP contribution is 2.40. The quantitative estimate of drug-likeness (QED) is 0.462. The fraction of sp³-hybridized carbons (Fsp3) is 0.348. The Kier molecular flexibility index (Phi) is 5.65. The third-order valence-corrected chi connectivity index (χ3v) is 6.84. The van der Waals surface area contributed by atoms with Crippen LogP contribution in [0.25, 0.3) is 31.7 Å². The Morgan fingerprint density at radius 3 is 2.58 bits per heavy atom. The number of rotatable bonds is 5. The van der Waals surface area contributed by atoms with Gasteiger partial charge in [-0.2, -0.15) is 4.98 Å². The number of hydrogen-bond donors (Lipinski definition) is 1. The molecule has 1 aliphatic heterocycles. The Morgan fingerprint density at radius 1 is 1.10 bits per heavy atom. The van der Waals surface area contributed by atoms with Gasteiger partial charge >= 0.3 is 0 Å². The minimum Gasteiger partial charge on any atom is -0.477 e. The van der Waals surface area contributed by atoms with Crippen molar-refractivity contribution in [1.29, 1.82) is 0 Å². The lowest BCUT2D eigenvalue weighted by atomic mass is 10.0. The van der Waals surface area contributed by atoms with Crippen LogP contribution in [0.5, 0.6) is 5.88 Å². The molecule has 0 aliphatic carbocycles. The highest BCUT2D eigenvalue weighted by atomic mass is 35.5. The molecule has 0 unspecified atom stereocenters. The summed E-state index contributed by atoms with van der Waals surface area (Å²) >= 11 is 7.68. The first-order valence-corrected chi connectivity index (χ1v) is 11.9. The molecule has 1 aliphatic rings. The lowest BCUT2D eigenvalue weighted by Crippen LogP contribution is -2.44. The van der Waals surface area contributed by atoms with Crippen molar-refractivity contribution < 1.29 is 4.74 Å². The number of benzene rings is 1. The lowest BCUT2D eigenvalue weighted by molar-refractivity contribution is 0.331. The minimum atomic E-state index is 0.561. The monoisotopic (exact) mass is 453 g/mol. The van der Waals surface area contributed by atoms with Crippen LogP contribution in [0, 0.1) is 0 Å². The van der Waals surface area contributed by atoms with Gasteiger partial charge in [0.05, 0.1) is 12.3 Å². The van der Waals surface area contributed by atoms with Gasteiger partial charge in [0.15, 0.2) is 0 Å². The molecule has 0 atom stereocenters. The number of pyridine rings is 1. The largest absolute Gasteiger partial charge is 0.477 e. The van der Waals surface area contributed by atoms with Crippen molar-refractivity contribution in [3.63, 3.8) is 0 Å². The van der Waals surface area contributed by atoms with Gasteiger partial charge < -0.3 is 15.0 Å². The molecule has 6 nitrogen and oxygen atoms in total. The predicted octanol–water partition coefficient (Wildman–Crippen LogP) is 4.93. The Bertz CT molecular complexity index is 1230. The number of nitrogens with zero attached hydrogens (tertiary/aromatic N) is 4. The zero-order valence-corrected chi connectivity index (χ0v) is 19.2. The molecule has 1 N–H and O–H groups in total. The van der Waals surface area contributed by atoms with Crippen molar-refractivity contribution in [1.82, 2.24) is 20.3 Å². The maximum absolute atomic E-state index is 6.08. The van der Waals surface area contributed by atoms with E-state index in [0.29, 0.717) is 12.5 Å². The zero-order chi connectivity index (χ0) is 21.4. The third kappa shape index (κ3) is 3.82. The molecule has 4 heterocycles. The van der Waals surface area contributed by atoms with Crippen LogP contribution in [0.3, 0.4) is 0 Å². The second-order valence-electron chi connectivity index (χ2n) is 7.49. The van der Waals surface area contributed by atoms with Gasteiger partial charge in [-0.3, -0.25) is 0 Å². The van der Waals surface area contributed by atoms with Crippen LogP contribution in [0.4, 0.5) is 5.95 Å². The summed E-state index contributed by atoms with van der Waals surface area (Å²) in [5, 5.41) is 5.22. The highest BCUT2D eigenvalue weighted by Gasteiger charge is 2.22. The summed E-state index contributed by atoms with van der Waals surface area (Å²) < 4.78 is 6.92. The van der Waals surface area contributed by atoms with E-state index in [1.807, 2.05) is 31.2 Å². The summed E-state index contributed by atoms with van der Waals surface area (Å²) in [5.41, 5.74) is 4.17. The maximum atomic E-state index is 6.08. The predicted molar refractivity (Wildman–Crippen MR) is 129 cm³/mol. The Morgan fingerprint density at radius 2 is 1.87 bits per heavy atom. The van der Waals surface area contributed by atoms with Gasteiger partial charge in [-0.25, -0.2) is 9.97 Å². The van der Waals surface area contributed by atoms with E-state index in [1.54, 1.807) is 11.3 Å². The summed E-state index contributed by atoms with van der Waals surface area (Å²) in [6.07, 6.45) is 0.891. The van der Waals surface area contributed by atoms with Crippen LogP contribution >= 0.6 is 22.9 Å². The number of thiophene rings is 1. The Hall–Kier alpha value is -2.48. The molecule has 1 fully saturated rings. The fourth-order valence-electron chi connectivity index (χ4n) is 3.96. The summed E-state index contributed by atoms with van der Waals surface area (Å²) in [6.45, 7) is 8.36. The second kappa shape index (κ2) is 8.57. The van der Waals surface area contributed by atoms with Gasteiger partial charge in [0.2, 0.25) is 11.8 Å². The Balaban J connectivity index is 1.73. The molecule has 1 aromatic carbocycles. The first kappa shape index (κ1) is 20.4. The number of nitrogens with one attached hydrogen (secondary N) is 1. The molecular formula is C23H24ClN5OS. The number of aryl methyl sites for hydroxylation is 1. The van der Waals surface area contributed by atoms with Crippen molar-refractivity contribution in [2.75, 3.05) is 37.7 Å². The molecule has 160 valence electrons. The number of halogens is 1. The number of piperazine rings is 1. The van der Waals surface area contributed by atoms with E-state index in [0.717, 1.165) is 75.3 Å². The van der Waals surface area contributed by atoms with Gasteiger partial charge in [0.1, 0.15) is 15.0 Å². The molecule has 8 heteroatoms. The molecule has 3 aromatic heterocycles. The average molecular weight is 454 g/mol. The average Bonchev–Trinajstić information content (AvgIpc) is 3.18. The number of fused-ring (bicyclic) bond motifs is 3. The van der Waals surface area contributed by atoms with Crippen LogP contribution in [0.15, 0.2) is 30.3 Å². The van der Waals surface area contributed by atoms with Gasteiger partial charge in [-0.1, -0.05) is 30.7 Å². The van der Waals surface area contributed by atoms with Gasteiger partial charge in [0, 0.05) is 42.2 Å². The summed E-state index contributed by atoms with van der Waals surface area (Å²) in [6, 6.07) is 9.99. The molecule has 0 bridgehead atoms. The molecule has 0 amide bonds.